The molecule has 138 valence electrons. The molecule has 2 aromatic rings. The Morgan fingerprint density at radius 1 is 1.00 bits per heavy atom. The van der Waals surface area contributed by atoms with Crippen LogP contribution in [0.5, 0.6) is 0 Å². The van der Waals surface area contributed by atoms with Gasteiger partial charge < -0.3 is 10.2 Å². The number of carbonyl (C=O) groups excluding carboxylic acids is 2. The van der Waals surface area contributed by atoms with Crippen molar-refractivity contribution in [2.45, 2.75) is 45.8 Å². The fraction of sp³-hybridized carbons (Fsp3) is 0.333. The van der Waals surface area contributed by atoms with E-state index < -0.39 is 11.9 Å². The second-order valence-corrected chi connectivity index (χ2v) is 6.61. The standard InChI is InChI=1S/C21H25FN2O2/c1-15(2)23-21(26)16(3)24(14-17-9-5-4-6-10-17)20(25)13-18-11-7-8-12-19(18)22/h4-12,15-16H,13-14H2,1-3H3,(H,23,26)/t16-/m1/s1. The summed E-state index contributed by atoms with van der Waals surface area (Å²) in [7, 11) is 0. The van der Waals surface area contributed by atoms with Gasteiger partial charge in [-0.25, -0.2) is 4.39 Å². The van der Waals surface area contributed by atoms with Crippen LogP contribution >= 0.6 is 0 Å². The van der Waals surface area contributed by atoms with Crippen molar-refractivity contribution < 1.29 is 14.0 Å². The summed E-state index contributed by atoms with van der Waals surface area (Å²) in [5, 5.41) is 2.83. The Balaban J connectivity index is 2.22. The van der Waals surface area contributed by atoms with E-state index in [1.54, 1.807) is 25.1 Å². The SMILES string of the molecule is CC(C)NC(=O)[C@@H](C)N(Cc1ccccc1)C(=O)Cc1ccccc1F. The minimum Gasteiger partial charge on any atom is -0.352 e. The molecule has 0 saturated heterocycles. The third-order valence-corrected chi connectivity index (χ3v) is 4.09. The number of rotatable bonds is 7. The molecule has 2 aromatic carbocycles. The summed E-state index contributed by atoms with van der Waals surface area (Å²) in [5.41, 5.74) is 1.24. The van der Waals surface area contributed by atoms with Crippen molar-refractivity contribution in [3.05, 3.63) is 71.5 Å². The Morgan fingerprint density at radius 3 is 2.23 bits per heavy atom. The van der Waals surface area contributed by atoms with Crippen LogP contribution < -0.4 is 5.32 Å². The number of amides is 2. The van der Waals surface area contributed by atoms with Crippen molar-refractivity contribution in [1.29, 1.82) is 0 Å². The molecule has 2 amide bonds. The number of halogens is 1. The first-order valence-corrected chi connectivity index (χ1v) is 8.75. The Hall–Kier alpha value is -2.69. The number of hydrogen-bond donors (Lipinski definition) is 1. The molecule has 0 unspecified atom stereocenters. The van der Waals surface area contributed by atoms with E-state index in [4.69, 9.17) is 0 Å². The molecule has 5 heteroatoms. The minimum absolute atomic E-state index is 0.0230. The summed E-state index contributed by atoms with van der Waals surface area (Å²) in [6.45, 7) is 5.72. The fourth-order valence-electron chi connectivity index (χ4n) is 2.67. The first-order chi connectivity index (χ1) is 12.4. The maximum absolute atomic E-state index is 13.9. The number of hydrogen-bond acceptors (Lipinski definition) is 2. The molecule has 0 saturated carbocycles. The van der Waals surface area contributed by atoms with Gasteiger partial charge in [-0.15, -0.1) is 0 Å². The predicted molar refractivity (Wildman–Crippen MR) is 99.8 cm³/mol. The van der Waals surface area contributed by atoms with Crippen molar-refractivity contribution in [2.24, 2.45) is 0 Å². The third kappa shape index (κ3) is 5.41. The lowest BCUT2D eigenvalue weighted by Gasteiger charge is -2.29. The lowest BCUT2D eigenvalue weighted by molar-refractivity contribution is -0.140. The van der Waals surface area contributed by atoms with Crippen LogP contribution in [-0.2, 0) is 22.6 Å². The quantitative estimate of drug-likeness (QED) is 0.827. The van der Waals surface area contributed by atoms with Gasteiger partial charge in [0.15, 0.2) is 0 Å². The Bertz CT molecular complexity index is 747. The summed E-state index contributed by atoms with van der Waals surface area (Å²) in [5.74, 6) is -0.928. The Morgan fingerprint density at radius 2 is 1.62 bits per heavy atom. The van der Waals surface area contributed by atoms with Crippen molar-refractivity contribution in [3.63, 3.8) is 0 Å². The van der Waals surface area contributed by atoms with Gasteiger partial charge >= 0.3 is 0 Å². The lowest BCUT2D eigenvalue weighted by atomic mass is 10.1. The summed E-state index contributed by atoms with van der Waals surface area (Å²) >= 11 is 0. The molecular formula is C21H25FN2O2. The molecule has 0 fully saturated rings. The molecule has 0 bridgehead atoms. The smallest absolute Gasteiger partial charge is 0.242 e. The van der Waals surface area contributed by atoms with Crippen LogP contribution in [0.4, 0.5) is 4.39 Å². The summed E-state index contributed by atoms with van der Waals surface area (Å²) in [6.07, 6.45) is -0.0845. The second kappa shape index (κ2) is 9.13. The van der Waals surface area contributed by atoms with Crippen LogP contribution in [0.3, 0.4) is 0 Å². The molecule has 0 aliphatic carbocycles. The van der Waals surface area contributed by atoms with E-state index in [9.17, 15) is 14.0 Å². The van der Waals surface area contributed by atoms with Crippen molar-refractivity contribution in [1.82, 2.24) is 10.2 Å². The zero-order valence-corrected chi connectivity index (χ0v) is 15.4. The van der Waals surface area contributed by atoms with Gasteiger partial charge in [0.1, 0.15) is 11.9 Å². The minimum atomic E-state index is -0.656. The molecule has 2 rings (SSSR count). The van der Waals surface area contributed by atoms with Crippen LogP contribution in [0.1, 0.15) is 31.9 Å². The van der Waals surface area contributed by atoms with E-state index in [1.165, 1.54) is 11.0 Å². The molecule has 1 atom stereocenters. The van der Waals surface area contributed by atoms with Crippen molar-refractivity contribution in [3.8, 4) is 0 Å². The second-order valence-electron chi connectivity index (χ2n) is 6.61. The topological polar surface area (TPSA) is 49.4 Å². The highest BCUT2D eigenvalue weighted by Crippen LogP contribution is 2.14. The molecule has 0 aromatic heterocycles. The summed E-state index contributed by atoms with van der Waals surface area (Å²) in [4.78, 5) is 26.8. The predicted octanol–water partition coefficient (Wildman–Crippen LogP) is 3.31. The third-order valence-electron chi connectivity index (χ3n) is 4.09. The first kappa shape index (κ1) is 19.6. The maximum atomic E-state index is 13.9. The van der Waals surface area contributed by atoms with Crippen LogP contribution in [0.15, 0.2) is 54.6 Å². The number of benzene rings is 2. The molecule has 0 heterocycles. The van der Waals surface area contributed by atoms with Crippen LogP contribution in [0.25, 0.3) is 0 Å². The van der Waals surface area contributed by atoms with Gasteiger partial charge in [-0.1, -0.05) is 48.5 Å². The lowest BCUT2D eigenvalue weighted by Crippen LogP contribution is -2.49. The Labute approximate surface area is 154 Å². The van der Waals surface area contributed by atoms with E-state index in [2.05, 4.69) is 5.32 Å². The van der Waals surface area contributed by atoms with E-state index >= 15 is 0 Å². The van der Waals surface area contributed by atoms with Gasteiger partial charge in [-0.05, 0) is 38.0 Å². The normalized spacial score (nSPS) is 11.9. The number of nitrogens with one attached hydrogen (secondary N) is 1. The van der Waals surface area contributed by atoms with Gasteiger partial charge in [-0.3, -0.25) is 9.59 Å². The van der Waals surface area contributed by atoms with Crippen LogP contribution in [0, 0.1) is 5.82 Å². The zero-order chi connectivity index (χ0) is 19.1. The van der Waals surface area contributed by atoms with Gasteiger partial charge in [-0.2, -0.15) is 0 Å². The molecule has 0 aliphatic rings. The van der Waals surface area contributed by atoms with Crippen molar-refractivity contribution in [2.75, 3.05) is 0 Å². The van der Waals surface area contributed by atoms with Gasteiger partial charge in [0.2, 0.25) is 11.8 Å². The van der Waals surface area contributed by atoms with Crippen molar-refractivity contribution >= 4 is 11.8 Å². The molecular weight excluding hydrogens is 331 g/mol. The molecule has 0 spiro atoms. The monoisotopic (exact) mass is 356 g/mol. The first-order valence-electron chi connectivity index (χ1n) is 8.75. The Kier molecular flexibility index (Phi) is 6.89. The highest BCUT2D eigenvalue weighted by molar-refractivity contribution is 5.88. The van der Waals surface area contributed by atoms with Crippen LogP contribution in [0.2, 0.25) is 0 Å². The fourth-order valence-corrected chi connectivity index (χ4v) is 2.67. The molecule has 4 nitrogen and oxygen atoms in total. The van der Waals surface area contributed by atoms with E-state index in [0.29, 0.717) is 12.1 Å². The molecule has 26 heavy (non-hydrogen) atoms. The van der Waals surface area contributed by atoms with E-state index in [-0.39, 0.29) is 24.3 Å². The molecule has 1 N–H and O–H groups in total. The number of carbonyl (C=O) groups is 2. The van der Waals surface area contributed by atoms with Crippen LogP contribution in [-0.4, -0.2) is 28.8 Å². The highest BCUT2D eigenvalue weighted by atomic mass is 19.1. The highest BCUT2D eigenvalue weighted by Gasteiger charge is 2.27. The maximum Gasteiger partial charge on any atom is 0.242 e. The average molecular weight is 356 g/mol. The van der Waals surface area contributed by atoms with Gasteiger partial charge in [0, 0.05) is 12.6 Å². The largest absolute Gasteiger partial charge is 0.352 e. The van der Waals surface area contributed by atoms with Gasteiger partial charge in [0.05, 0.1) is 6.42 Å². The van der Waals surface area contributed by atoms with E-state index in [1.807, 2.05) is 44.2 Å². The van der Waals surface area contributed by atoms with Gasteiger partial charge in [0.25, 0.3) is 0 Å². The zero-order valence-electron chi connectivity index (χ0n) is 15.4. The summed E-state index contributed by atoms with van der Waals surface area (Å²) < 4.78 is 13.9. The number of nitrogens with zero attached hydrogens (tertiary/aromatic N) is 1. The molecule has 0 aliphatic heterocycles. The summed E-state index contributed by atoms with van der Waals surface area (Å²) in [6, 6.07) is 15.0. The van der Waals surface area contributed by atoms with E-state index in [0.717, 1.165) is 5.56 Å². The average Bonchev–Trinajstić information content (AvgIpc) is 2.61. The molecule has 0 radical (unpaired) electrons.